The molecule has 1 aromatic heterocycles. The van der Waals surface area contributed by atoms with Crippen molar-refractivity contribution in [3.8, 4) is 5.75 Å². The number of anilines is 1. The van der Waals surface area contributed by atoms with Crippen molar-refractivity contribution in [1.29, 1.82) is 0 Å². The topological polar surface area (TPSA) is 58.6 Å². The van der Waals surface area contributed by atoms with Crippen LogP contribution < -0.4 is 9.64 Å². The fourth-order valence-corrected chi connectivity index (χ4v) is 4.65. The van der Waals surface area contributed by atoms with Crippen molar-refractivity contribution in [2.24, 2.45) is 0 Å². The second-order valence-corrected chi connectivity index (χ2v) is 8.58. The number of Topliss-reactive ketones (excluding diaryl/α,β-unsaturated/α-hetero) is 1. The lowest BCUT2D eigenvalue weighted by Crippen LogP contribution is -2.46. The van der Waals surface area contributed by atoms with Crippen LogP contribution >= 0.6 is 0 Å². The lowest BCUT2D eigenvalue weighted by atomic mass is 9.82. The van der Waals surface area contributed by atoms with Gasteiger partial charge in [0.1, 0.15) is 5.75 Å². The monoisotopic (exact) mass is 428 g/mol. The van der Waals surface area contributed by atoms with E-state index in [1.807, 2.05) is 12.1 Å². The van der Waals surface area contributed by atoms with Gasteiger partial charge < -0.3 is 9.64 Å². The molecule has 164 valence electrons. The van der Waals surface area contributed by atoms with Crippen LogP contribution in [-0.4, -0.2) is 53.9 Å². The van der Waals surface area contributed by atoms with Gasteiger partial charge in [0.2, 0.25) is 5.95 Å². The summed E-state index contributed by atoms with van der Waals surface area (Å²) in [5.41, 5.74) is 4.05. The molecule has 0 amide bonds. The first-order chi connectivity index (χ1) is 15.7. The number of hydrogen-bond donors (Lipinski definition) is 0. The summed E-state index contributed by atoms with van der Waals surface area (Å²) in [5.74, 6) is 1.84. The molecule has 0 spiro atoms. The molecule has 0 radical (unpaired) electrons. The van der Waals surface area contributed by atoms with Crippen LogP contribution in [0.5, 0.6) is 5.75 Å². The van der Waals surface area contributed by atoms with Crippen LogP contribution in [0.15, 0.2) is 60.8 Å². The Morgan fingerprint density at radius 3 is 2.44 bits per heavy atom. The summed E-state index contributed by atoms with van der Waals surface area (Å²) in [5, 5.41) is 0. The zero-order valence-corrected chi connectivity index (χ0v) is 18.4. The highest BCUT2D eigenvalue weighted by Gasteiger charge is 2.29. The summed E-state index contributed by atoms with van der Waals surface area (Å²) in [6, 6.07) is 18.6. The van der Waals surface area contributed by atoms with Crippen LogP contribution in [0.25, 0.3) is 0 Å². The van der Waals surface area contributed by atoms with Gasteiger partial charge in [-0.1, -0.05) is 42.5 Å². The molecule has 6 nitrogen and oxygen atoms in total. The predicted octanol–water partition coefficient (Wildman–Crippen LogP) is 3.72. The second kappa shape index (κ2) is 9.09. The van der Waals surface area contributed by atoms with Gasteiger partial charge in [0, 0.05) is 45.3 Å². The standard InChI is InChI=1S/C26H28N4O2/c1-32-22-9-7-20(8-10-22)21-15-24-23(25(31)16-21)17-27-26(28-24)30-13-11-29(12-14-30)18-19-5-3-2-4-6-19/h2-10,17,21H,11-16,18H2,1H3/t21-/m0/s1. The van der Waals surface area contributed by atoms with Crippen molar-refractivity contribution in [2.45, 2.75) is 25.3 Å². The molecule has 0 saturated carbocycles. The maximum Gasteiger partial charge on any atom is 0.225 e. The summed E-state index contributed by atoms with van der Waals surface area (Å²) >= 11 is 0. The Kier molecular flexibility index (Phi) is 5.86. The van der Waals surface area contributed by atoms with Gasteiger partial charge >= 0.3 is 0 Å². The van der Waals surface area contributed by atoms with Gasteiger partial charge in [0.25, 0.3) is 0 Å². The number of ketones is 1. The molecule has 2 aliphatic rings. The number of methoxy groups -OCH3 is 1. The van der Waals surface area contributed by atoms with Crippen LogP contribution in [0.4, 0.5) is 5.95 Å². The van der Waals surface area contributed by atoms with Crippen LogP contribution in [0.1, 0.15) is 39.5 Å². The molecule has 1 aliphatic heterocycles. The van der Waals surface area contributed by atoms with Gasteiger partial charge in [-0.05, 0) is 35.6 Å². The quantitative estimate of drug-likeness (QED) is 0.617. The van der Waals surface area contributed by atoms with Crippen molar-refractivity contribution < 1.29 is 9.53 Å². The molecular formula is C26H28N4O2. The van der Waals surface area contributed by atoms with Gasteiger partial charge in [-0.15, -0.1) is 0 Å². The molecule has 1 aliphatic carbocycles. The Labute approximate surface area is 188 Å². The van der Waals surface area contributed by atoms with E-state index in [0.717, 1.165) is 62.1 Å². The molecular weight excluding hydrogens is 400 g/mol. The lowest BCUT2D eigenvalue weighted by Gasteiger charge is -2.35. The third kappa shape index (κ3) is 4.36. The Morgan fingerprint density at radius 2 is 1.72 bits per heavy atom. The molecule has 5 rings (SSSR count). The van der Waals surface area contributed by atoms with Crippen LogP contribution in [0, 0.1) is 0 Å². The SMILES string of the molecule is COc1ccc([C@@H]2CC(=O)c3cnc(N4CCN(Cc5ccccc5)CC4)nc3C2)cc1. The van der Waals surface area contributed by atoms with Crippen LogP contribution in [0.3, 0.4) is 0 Å². The number of carbonyl (C=O) groups is 1. The van der Waals surface area contributed by atoms with E-state index in [-0.39, 0.29) is 11.7 Å². The zero-order chi connectivity index (χ0) is 21.9. The predicted molar refractivity (Wildman–Crippen MR) is 124 cm³/mol. The van der Waals surface area contributed by atoms with E-state index in [9.17, 15) is 4.79 Å². The van der Waals surface area contributed by atoms with E-state index in [4.69, 9.17) is 9.72 Å². The maximum atomic E-state index is 12.8. The number of carbonyl (C=O) groups excluding carboxylic acids is 1. The van der Waals surface area contributed by atoms with Crippen molar-refractivity contribution in [3.05, 3.63) is 83.2 Å². The van der Waals surface area contributed by atoms with Gasteiger partial charge in [-0.25, -0.2) is 9.97 Å². The third-order valence-electron chi connectivity index (χ3n) is 6.52. The molecule has 1 saturated heterocycles. The number of ether oxygens (including phenoxy) is 1. The Bertz CT molecular complexity index is 1080. The molecule has 2 aromatic carbocycles. The van der Waals surface area contributed by atoms with Crippen molar-refractivity contribution in [2.75, 3.05) is 38.2 Å². The Balaban J connectivity index is 1.27. The Morgan fingerprint density at radius 1 is 0.969 bits per heavy atom. The molecule has 0 bridgehead atoms. The molecule has 32 heavy (non-hydrogen) atoms. The molecule has 2 heterocycles. The summed E-state index contributed by atoms with van der Waals surface area (Å²) in [7, 11) is 1.66. The third-order valence-corrected chi connectivity index (χ3v) is 6.52. The van der Waals surface area contributed by atoms with Gasteiger partial charge in [0.15, 0.2) is 5.78 Å². The molecule has 1 atom stereocenters. The molecule has 3 aromatic rings. The molecule has 6 heteroatoms. The normalized spacial score (nSPS) is 19.0. The highest BCUT2D eigenvalue weighted by Crippen LogP contribution is 2.33. The van der Waals surface area contributed by atoms with E-state index in [0.29, 0.717) is 12.0 Å². The van der Waals surface area contributed by atoms with Crippen molar-refractivity contribution in [1.82, 2.24) is 14.9 Å². The first-order valence-electron chi connectivity index (χ1n) is 11.2. The second-order valence-electron chi connectivity index (χ2n) is 8.58. The average molecular weight is 429 g/mol. The molecule has 1 fully saturated rings. The lowest BCUT2D eigenvalue weighted by molar-refractivity contribution is 0.0962. The first kappa shape index (κ1) is 20.6. The minimum absolute atomic E-state index is 0.131. The fraction of sp³-hybridized carbons (Fsp3) is 0.346. The van der Waals surface area contributed by atoms with Crippen molar-refractivity contribution >= 4 is 11.7 Å². The summed E-state index contributed by atoms with van der Waals surface area (Å²) in [6.45, 7) is 4.70. The van der Waals surface area contributed by atoms with Crippen LogP contribution in [-0.2, 0) is 13.0 Å². The number of piperazine rings is 1. The van der Waals surface area contributed by atoms with Gasteiger partial charge in [-0.2, -0.15) is 0 Å². The summed E-state index contributed by atoms with van der Waals surface area (Å²) in [4.78, 5) is 26.9. The van der Waals surface area contributed by atoms with Crippen LogP contribution in [0.2, 0.25) is 0 Å². The van der Waals surface area contributed by atoms with Gasteiger partial charge in [0.05, 0.1) is 18.4 Å². The maximum absolute atomic E-state index is 12.8. The van der Waals surface area contributed by atoms with Crippen molar-refractivity contribution in [3.63, 3.8) is 0 Å². The first-order valence-corrected chi connectivity index (χ1v) is 11.2. The summed E-state index contributed by atoms with van der Waals surface area (Å²) < 4.78 is 5.26. The van der Waals surface area contributed by atoms with E-state index in [1.165, 1.54) is 5.56 Å². The average Bonchev–Trinajstić information content (AvgIpc) is 2.85. The fourth-order valence-electron chi connectivity index (χ4n) is 4.65. The minimum atomic E-state index is 0.131. The number of nitrogens with zero attached hydrogens (tertiary/aromatic N) is 4. The number of benzene rings is 2. The zero-order valence-electron chi connectivity index (χ0n) is 18.4. The highest BCUT2D eigenvalue weighted by atomic mass is 16.5. The van der Waals surface area contributed by atoms with E-state index < -0.39 is 0 Å². The summed E-state index contributed by atoms with van der Waals surface area (Å²) in [6.07, 6.45) is 3.00. The van der Waals surface area contributed by atoms with E-state index in [1.54, 1.807) is 13.3 Å². The number of aromatic nitrogens is 2. The largest absolute Gasteiger partial charge is 0.497 e. The highest BCUT2D eigenvalue weighted by molar-refractivity contribution is 5.98. The molecule has 0 N–H and O–H groups in total. The smallest absolute Gasteiger partial charge is 0.225 e. The number of hydrogen-bond acceptors (Lipinski definition) is 6. The minimum Gasteiger partial charge on any atom is -0.497 e. The van der Waals surface area contributed by atoms with E-state index >= 15 is 0 Å². The number of fused-ring (bicyclic) bond motifs is 1. The number of rotatable bonds is 5. The Hall–Kier alpha value is -3.25. The van der Waals surface area contributed by atoms with Gasteiger partial charge in [-0.3, -0.25) is 9.69 Å². The molecule has 0 unspecified atom stereocenters. The van der Waals surface area contributed by atoms with E-state index in [2.05, 4.69) is 57.2 Å².